The van der Waals surface area contributed by atoms with Crippen LogP contribution in [0.15, 0.2) is 30.3 Å². The topological polar surface area (TPSA) is 81.7 Å². The maximum atomic E-state index is 12.2. The summed E-state index contributed by atoms with van der Waals surface area (Å²) in [6.45, 7) is 1.46. The first-order valence-electron chi connectivity index (χ1n) is 7.10. The molecule has 0 spiro atoms. The molecule has 0 aliphatic rings. The lowest BCUT2D eigenvalue weighted by Crippen LogP contribution is -2.14. The molecule has 7 heteroatoms. The van der Waals surface area contributed by atoms with Crippen molar-refractivity contribution in [3.8, 4) is 5.75 Å². The highest BCUT2D eigenvalue weighted by molar-refractivity contribution is 7.18. The van der Waals surface area contributed by atoms with Crippen molar-refractivity contribution in [1.82, 2.24) is 0 Å². The van der Waals surface area contributed by atoms with Crippen molar-refractivity contribution in [2.24, 2.45) is 0 Å². The Labute approximate surface area is 143 Å². The van der Waals surface area contributed by atoms with Crippen molar-refractivity contribution in [2.45, 2.75) is 13.3 Å². The van der Waals surface area contributed by atoms with E-state index in [9.17, 15) is 14.4 Å². The fourth-order valence-electron chi connectivity index (χ4n) is 2.11. The normalized spacial score (nSPS) is 10.1. The molecule has 0 atom stereocenters. The van der Waals surface area contributed by atoms with Crippen molar-refractivity contribution in [2.75, 3.05) is 19.5 Å². The largest absolute Gasteiger partial charge is 0.496 e. The van der Waals surface area contributed by atoms with Crippen LogP contribution < -0.4 is 10.1 Å². The number of benzene rings is 1. The van der Waals surface area contributed by atoms with Gasteiger partial charge in [-0.05, 0) is 37.3 Å². The molecule has 1 aromatic carbocycles. The number of rotatable bonds is 6. The first-order valence-corrected chi connectivity index (χ1v) is 7.92. The molecule has 0 aliphatic heterocycles. The third-order valence-corrected chi connectivity index (χ3v) is 4.27. The third kappa shape index (κ3) is 4.20. The quantitative estimate of drug-likeness (QED) is 0.642. The first kappa shape index (κ1) is 17.7. The third-order valence-electron chi connectivity index (χ3n) is 3.29. The van der Waals surface area contributed by atoms with Gasteiger partial charge in [-0.3, -0.25) is 9.59 Å². The van der Waals surface area contributed by atoms with E-state index >= 15 is 0 Å². The molecule has 0 unspecified atom stereocenters. The van der Waals surface area contributed by atoms with Crippen LogP contribution in [0.3, 0.4) is 0 Å². The van der Waals surface area contributed by atoms with Crippen molar-refractivity contribution < 1.29 is 23.9 Å². The minimum atomic E-state index is -0.448. The van der Waals surface area contributed by atoms with Gasteiger partial charge in [-0.25, -0.2) is 4.79 Å². The molecule has 1 N–H and O–H groups in total. The smallest absolute Gasteiger partial charge is 0.348 e. The number of amides is 1. The number of carbonyl (C=O) groups excluding carboxylic acids is 3. The Morgan fingerprint density at radius 1 is 1.12 bits per heavy atom. The van der Waals surface area contributed by atoms with E-state index in [1.54, 1.807) is 30.3 Å². The zero-order valence-corrected chi connectivity index (χ0v) is 14.4. The summed E-state index contributed by atoms with van der Waals surface area (Å²) in [5, 5.41) is 3.26. The fraction of sp³-hybridized carbons (Fsp3) is 0.235. The second kappa shape index (κ2) is 7.74. The van der Waals surface area contributed by atoms with Crippen LogP contribution >= 0.6 is 11.3 Å². The van der Waals surface area contributed by atoms with E-state index in [4.69, 9.17) is 4.74 Å². The molecule has 0 aliphatic carbocycles. The van der Waals surface area contributed by atoms with Gasteiger partial charge in [-0.1, -0.05) is 0 Å². The molecule has 6 nitrogen and oxygen atoms in total. The lowest BCUT2D eigenvalue weighted by atomic mass is 10.0. The van der Waals surface area contributed by atoms with Gasteiger partial charge in [-0.15, -0.1) is 11.3 Å². The summed E-state index contributed by atoms with van der Waals surface area (Å²) in [4.78, 5) is 35.5. The summed E-state index contributed by atoms with van der Waals surface area (Å²) in [5.41, 5.74) is 1.13. The van der Waals surface area contributed by atoms with Crippen molar-refractivity contribution in [3.05, 3.63) is 46.3 Å². The van der Waals surface area contributed by atoms with E-state index in [0.29, 0.717) is 26.8 Å². The van der Waals surface area contributed by atoms with Crippen LogP contribution in [0.25, 0.3) is 0 Å². The Balaban J connectivity index is 2.11. The van der Waals surface area contributed by atoms with Crippen molar-refractivity contribution in [3.63, 3.8) is 0 Å². The van der Waals surface area contributed by atoms with Crippen LogP contribution in [0.5, 0.6) is 5.75 Å². The maximum Gasteiger partial charge on any atom is 0.348 e. The molecule has 1 heterocycles. The molecule has 0 bridgehead atoms. The number of carbonyl (C=O) groups is 3. The molecule has 126 valence electrons. The van der Waals surface area contributed by atoms with Gasteiger partial charge in [0, 0.05) is 11.1 Å². The summed E-state index contributed by atoms with van der Waals surface area (Å²) in [6.07, 6.45) is 0.0513. The molecular weight excluding hydrogens is 330 g/mol. The second-order valence-corrected chi connectivity index (χ2v) is 6.05. The molecular formula is C17H17NO5S. The summed E-state index contributed by atoms with van der Waals surface area (Å²) in [5.74, 6) is -0.263. The molecule has 0 saturated carbocycles. The summed E-state index contributed by atoms with van der Waals surface area (Å²) < 4.78 is 9.86. The van der Waals surface area contributed by atoms with Crippen LogP contribution in [0, 0.1) is 0 Å². The Bertz CT molecular complexity index is 781. The van der Waals surface area contributed by atoms with Gasteiger partial charge >= 0.3 is 5.97 Å². The molecule has 0 saturated heterocycles. The summed E-state index contributed by atoms with van der Waals surface area (Å²) in [6, 6.07) is 8.19. The lowest BCUT2D eigenvalue weighted by Gasteiger charge is -2.09. The molecule has 2 rings (SSSR count). The number of ketones is 1. The highest BCUT2D eigenvalue weighted by atomic mass is 32.1. The minimum absolute atomic E-state index is 0.0513. The average molecular weight is 347 g/mol. The number of ether oxygens (including phenoxy) is 2. The Morgan fingerprint density at radius 2 is 1.88 bits per heavy atom. The number of nitrogens with one attached hydrogen (secondary N) is 1. The van der Waals surface area contributed by atoms with E-state index in [0.717, 1.165) is 11.3 Å². The zero-order valence-electron chi connectivity index (χ0n) is 13.5. The molecule has 1 aromatic heterocycles. The van der Waals surface area contributed by atoms with E-state index in [-0.39, 0.29) is 18.1 Å². The monoisotopic (exact) mass is 347 g/mol. The van der Waals surface area contributed by atoms with Crippen LogP contribution in [0.1, 0.15) is 32.5 Å². The predicted molar refractivity (Wildman–Crippen MR) is 91.0 cm³/mol. The number of esters is 1. The van der Waals surface area contributed by atoms with Gasteiger partial charge in [0.1, 0.15) is 10.6 Å². The molecule has 24 heavy (non-hydrogen) atoms. The summed E-state index contributed by atoms with van der Waals surface area (Å²) >= 11 is 1.13. The number of thiophene rings is 1. The Kier molecular flexibility index (Phi) is 5.70. The number of methoxy groups -OCH3 is 2. The fourth-order valence-corrected chi connectivity index (χ4v) is 2.95. The number of hydrogen-bond donors (Lipinski definition) is 1. The standard InChI is InChI=1S/C17H17NO5S/c1-10(19)11-4-5-13(22-2)12(8-11)9-15(20)18-16-7-6-14(24-16)17(21)23-3/h4-8H,9H2,1-3H3,(H,18,20). The summed E-state index contributed by atoms with van der Waals surface area (Å²) in [7, 11) is 2.81. The van der Waals surface area contributed by atoms with Crippen molar-refractivity contribution >= 4 is 34.0 Å². The molecule has 0 fully saturated rings. The predicted octanol–water partition coefficient (Wildman–Crippen LogP) is 2.93. The van der Waals surface area contributed by atoms with E-state index < -0.39 is 5.97 Å². The molecule has 0 radical (unpaired) electrons. The van der Waals surface area contributed by atoms with Gasteiger partial charge in [0.05, 0.1) is 25.6 Å². The maximum absolute atomic E-state index is 12.2. The van der Waals surface area contributed by atoms with E-state index in [2.05, 4.69) is 10.1 Å². The van der Waals surface area contributed by atoms with Gasteiger partial charge in [-0.2, -0.15) is 0 Å². The zero-order chi connectivity index (χ0) is 17.7. The number of anilines is 1. The Hall–Kier alpha value is -2.67. The highest BCUT2D eigenvalue weighted by Crippen LogP contribution is 2.24. The lowest BCUT2D eigenvalue weighted by molar-refractivity contribution is -0.115. The van der Waals surface area contributed by atoms with Crippen LogP contribution in [0.4, 0.5) is 5.00 Å². The highest BCUT2D eigenvalue weighted by Gasteiger charge is 2.14. The van der Waals surface area contributed by atoms with Crippen LogP contribution in [0.2, 0.25) is 0 Å². The Morgan fingerprint density at radius 3 is 2.50 bits per heavy atom. The first-order chi connectivity index (χ1) is 11.4. The van der Waals surface area contributed by atoms with Gasteiger partial charge in [0.2, 0.25) is 5.91 Å². The number of hydrogen-bond acceptors (Lipinski definition) is 6. The van der Waals surface area contributed by atoms with E-state index in [1.165, 1.54) is 21.1 Å². The van der Waals surface area contributed by atoms with Gasteiger partial charge < -0.3 is 14.8 Å². The van der Waals surface area contributed by atoms with Gasteiger partial charge in [0.15, 0.2) is 5.78 Å². The molecule has 2 aromatic rings. The average Bonchev–Trinajstić information content (AvgIpc) is 3.02. The SMILES string of the molecule is COC(=O)c1ccc(NC(=O)Cc2cc(C(C)=O)ccc2OC)s1. The number of Topliss-reactive ketones (excluding diaryl/α,β-unsaturated/α-hetero) is 1. The minimum Gasteiger partial charge on any atom is -0.496 e. The second-order valence-electron chi connectivity index (χ2n) is 4.96. The van der Waals surface area contributed by atoms with E-state index in [1.807, 2.05) is 0 Å². The molecule has 1 amide bonds. The van der Waals surface area contributed by atoms with Crippen LogP contribution in [-0.2, 0) is 16.0 Å². The van der Waals surface area contributed by atoms with Gasteiger partial charge in [0.25, 0.3) is 0 Å². The van der Waals surface area contributed by atoms with Crippen molar-refractivity contribution in [1.29, 1.82) is 0 Å². The van der Waals surface area contributed by atoms with Crippen LogP contribution in [-0.4, -0.2) is 31.9 Å².